The van der Waals surface area contributed by atoms with E-state index >= 15 is 0 Å². The largest absolute Gasteiger partial charge is 0.396 e. The van der Waals surface area contributed by atoms with Crippen LogP contribution in [0.2, 0.25) is 0 Å². The molecule has 0 spiro atoms. The lowest BCUT2D eigenvalue weighted by Crippen LogP contribution is -2.52. The third-order valence-electron chi connectivity index (χ3n) is 5.09. The Bertz CT molecular complexity index is 413. The highest BCUT2D eigenvalue weighted by atomic mass is 32.2. The van der Waals surface area contributed by atoms with Crippen molar-refractivity contribution in [1.29, 1.82) is 0 Å². The van der Waals surface area contributed by atoms with Crippen molar-refractivity contribution in [1.82, 2.24) is 9.03 Å². The Morgan fingerprint density at radius 1 is 1.20 bits per heavy atom. The van der Waals surface area contributed by atoms with Gasteiger partial charge in [-0.3, -0.25) is 0 Å². The van der Waals surface area contributed by atoms with Crippen LogP contribution in [-0.2, 0) is 10.2 Å². The normalized spacial score (nSPS) is 37.0. The smallest absolute Gasteiger partial charge is 0.279 e. The Hall–Kier alpha value is -0.170. The number of hydrogen-bond acceptors (Lipinski definition) is 3. The molecule has 118 valence electrons. The van der Waals surface area contributed by atoms with Crippen LogP contribution in [0, 0.1) is 17.8 Å². The van der Waals surface area contributed by atoms with Crippen LogP contribution in [0.25, 0.3) is 0 Å². The van der Waals surface area contributed by atoms with Crippen LogP contribution in [0.3, 0.4) is 0 Å². The summed E-state index contributed by atoms with van der Waals surface area (Å²) in [6.45, 7) is 5.44. The molecule has 2 fully saturated rings. The Balaban J connectivity index is 1.99. The van der Waals surface area contributed by atoms with Gasteiger partial charge in [0.15, 0.2) is 0 Å². The summed E-state index contributed by atoms with van der Waals surface area (Å²) in [7, 11) is -3.41. The zero-order valence-corrected chi connectivity index (χ0v) is 13.4. The van der Waals surface area contributed by atoms with E-state index < -0.39 is 10.2 Å². The van der Waals surface area contributed by atoms with E-state index in [0.717, 1.165) is 25.7 Å². The molecule has 5 nitrogen and oxygen atoms in total. The first-order chi connectivity index (χ1) is 9.44. The number of rotatable bonds is 4. The average molecular weight is 304 g/mol. The van der Waals surface area contributed by atoms with Gasteiger partial charge in [0, 0.05) is 25.7 Å². The van der Waals surface area contributed by atoms with E-state index in [1.165, 1.54) is 10.7 Å². The molecule has 4 atom stereocenters. The number of hydrogen-bond donors (Lipinski definition) is 2. The van der Waals surface area contributed by atoms with Gasteiger partial charge in [0.1, 0.15) is 0 Å². The van der Waals surface area contributed by atoms with Crippen molar-refractivity contribution in [3.8, 4) is 0 Å². The van der Waals surface area contributed by atoms with Crippen molar-refractivity contribution >= 4 is 10.2 Å². The predicted molar refractivity (Wildman–Crippen MR) is 79.4 cm³/mol. The van der Waals surface area contributed by atoms with Gasteiger partial charge in [-0.05, 0) is 37.0 Å². The van der Waals surface area contributed by atoms with Crippen molar-refractivity contribution in [3.63, 3.8) is 0 Å². The van der Waals surface area contributed by atoms with Gasteiger partial charge in [-0.1, -0.05) is 26.7 Å². The zero-order valence-electron chi connectivity index (χ0n) is 12.6. The fourth-order valence-electron chi connectivity index (χ4n) is 3.41. The molecule has 1 heterocycles. The average Bonchev–Trinajstić information content (AvgIpc) is 2.44. The Morgan fingerprint density at radius 2 is 1.95 bits per heavy atom. The van der Waals surface area contributed by atoms with E-state index in [9.17, 15) is 13.5 Å². The van der Waals surface area contributed by atoms with E-state index in [0.29, 0.717) is 24.9 Å². The Labute approximate surface area is 122 Å². The van der Waals surface area contributed by atoms with E-state index in [2.05, 4.69) is 18.6 Å². The fourth-order valence-corrected chi connectivity index (χ4v) is 5.05. The van der Waals surface area contributed by atoms with E-state index in [-0.39, 0.29) is 18.6 Å². The zero-order chi connectivity index (χ0) is 14.8. The minimum atomic E-state index is -3.41. The third-order valence-corrected chi connectivity index (χ3v) is 6.70. The summed E-state index contributed by atoms with van der Waals surface area (Å²) in [5.74, 6) is 1.04. The summed E-state index contributed by atoms with van der Waals surface area (Å²) in [5.41, 5.74) is 0. The van der Waals surface area contributed by atoms with Crippen LogP contribution in [0.15, 0.2) is 0 Å². The van der Waals surface area contributed by atoms with Crippen LogP contribution >= 0.6 is 0 Å². The molecule has 0 aromatic rings. The van der Waals surface area contributed by atoms with Crippen LogP contribution < -0.4 is 4.72 Å². The van der Waals surface area contributed by atoms with Crippen molar-refractivity contribution in [3.05, 3.63) is 0 Å². The molecule has 1 aliphatic carbocycles. The molecule has 0 amide bonds. The van der Waals surface area contributed by atoms with Crippen LogP contribution in [0.5, 0.6) is 0 Å². The quantitative estimate of drug-likeness (QED) is 0.824. The second-order valence-electron chi connectivity index (χ2n) is 6.55. The molecular weight excluding hydrogens is 276 g/mol. The van der Waals surface area contributed by atoms with Gasteiger partial charge in [-0.15, -0.1) is 0 Å². The van der Waals surface area contributed by atoms with Crippen LogP contribution in [0.1, 0.15) is 46.0 Å². The summed E-state index contributed by atoms with van der Waals surface area (Å²) >= 11 is 0. The maximum atomic E-state index is 12.5. The van der Waals surface area contributed by atoms with Gasteiger partial charge in [0.2, 0.25) is 0 Å². The number of nitrogens with one attached hydrogen (secondary N) is 1. The van der Waals surface area contributed by atoms with E-state index in [1.807, 2.05) is 0 Å². The summed E-state index contributed by atoms with van der Waals surface area (Å²) in [4.78, 5) is 0. The molecular formula is C14H28N2O3S. The number of nitrogens with zero attached hydrogens (tertiary/aromatic N) is 1. The molecule has 0 aromatic carbocycles. The predicted octanol–water partition coefficient (Wildman–Crippen LogP) is 1.35. The lowest BCUT2D eigenvalue weighted by Gasteiger charge is -2.37. The number of aliphatic hydroxyl groups excluding tert-OH is 1. The lowest BCUT2D eigenvalue weighted by atomic mass is 9.78. The second-order valence-corrected chi connectivity index (χ2v) is 8.25. The minimum Gasteiger partial charge on any atom is -0.396 e. The summed E-state index contributed by atoms with van der Waals surface area (Å²) in [5, 5.41) is 9.23. The monoisotopic (exact) mass is 304 g/mol. The highest BCUT2D eigenvalue weighted by Gasteiger charge is 2.34. The Morgan fingerprint density at radius 3 is 2.65 bits per heavy atom. The maximum absolute atomic E-state index is 12.5. The van der Waals surface area contributed by atoms with Crippen molar-refractivity contribution in [2.75, 3.05) is 19.7 Å². The van der Waals surface area contributed by atoms with Crippen molar-refractivity contribution < 1.29 is 13.5 Å². The van der Waals surface area contributed by atoms with Gasteiger partial charge in [-0.25, -0.2) is 0 Å². The number of aliphatic hydroxyl groups is 1. The number of piperidine rings is 1. The molecule has 2 N–H and O–H groups in total. The molecule has 0 aromatic heterocycles. The van der Waals surface area contributed by atoms with Crippen molar-refractivity contribution in [2.45, 2.75) is 52.0 Å². The first-order valence-electron chi connectivity index (χ1n) is 7.82. The van der Waals surface area contributed by atoms with Gasteiger partial charge in [0.25, 0.3) is 10.2 Å². The lowest BCUT2D eigenvalue weighted by molar-refractivity contribution is 0.162. The van der Waals surface area contributed by atoms with Gasteiger partial charge in [-0.2, -0.15) is 17.4 Å². The van der Waals surface area contributed by atoms with E-state index in [4.69, 9.17) is 0 Å². The molecule has 2 rings (SSSR count). The summed E-state index contributed by atoms with van der Waals surface area (Å²) in [6, 6.07) is 0.0539. The fraction of sp³-hybridized carbons (Fsp3) is 1.00. The molecule has 4 unspecified atom stereocenters. The van der Waals surface area contributed by atoms with Crippen molar-refractivity contribution in [2.24, 2.45) is 17.8 Å². The summed E-state index contributed by atoms with van der Waals surface area (Å²) in [6.07, 6.45) is 4.97. The van der Waals surface area contributed by atoms with Gasteiger partial charge in [0.05, 0.1) is 0 Å². The second kappa shape index (κ2) is 6.73. The minimum absolute atomic E-state index is 0.0539. The molecule has 2 aliphatic rings. The molecule has 0 radical (unpaired) electrons. The van der Waals surface area contributed by atoms with Crippen LogP contribution in [-0.4, -0.2) is 43.6 Å². The maximum Gasteiger partial charge on any atom is 0.279 e. The highest BCUT2D eigenvalue weighted by molar-refractivity contribution is 7.87. The molecule has 0 bridgehead atoms. The topological polar surface area (TPSA) is 69.6 Å². The molecule has 1 saturated carbocycles. The SMILES string of the molecule is CC1CCCC(NS(=O)(=O)N2CCCC(CO)C2)C1C. The highest BCUT2D eigenvalue weighted by Crippen LogP contribution is 2.30. The third kappa shape index (κ3) is 3.72. The van der Waals surface area contributed by atoms with E-state index in [1.54, 1.807) is 0 Å². The van der Waals surface area contributed by atoms with Gasteiger partial charge < -0.3 is 5.11 Å². The molecule has 6 heteroatoms. The Kier molecular flexibility index (Phi) is 5.45. The molecule has 1 saturated heterocycles. The standard InChI is InChI=1S/C14H28N2O3S/c1-11-5-3-7-14(12(11)2)15-20(18,19)16-8-4-6-13(9-16)10-17/h11-15,17H,3-10H2,1-2H3. The first-order valence-corrected chi connectivity index (χ1v) is 9.26. The first kappa shape index (κ1) is 16.2. The summed E-state index contributed by atoms with van der Waals surface area (Å²) < 4.78 is 29.4. The molecule has 20 heavy (non-hydrogen) atoms. The molecule has 1 aliphatic heterocycles. The van der Waals surface area contributed by atoms with Crippen LogP contribution in [0.4, 0.5) is 0 Å². The van der Waals surface area contributed by atoms with Gasteiger partial charge >= 0.3 is 0 Å².